The van der Waals surface area contributed by atoms with Gasteiger partial charge in [0.05, 0.1) is 6.04 Å². The van der Waals surface area contributed by atoms with Gasteiger partial charge in [-0.05, 0) is 48.6 Å². The first-order chi connectivity index (χ1) is 10.1. The molecule has 0 spiro atoms. The fraction of sp³-hybridized carbons (Fsp3) is 0.312. The molecule has 3 rings (SSSR count). The van der Waals surface area contributed by atoms with Crippen molar-refractivity contribution in [3.05, 3.63) is 50.6 Å². The molecule has 1 aliphatic heterocycles. The Kier molecular flexibility index (Phi) is 4.31. The molecule has 0 aliphatic carbocycles. The first kappa shape index (κ1) is 14.6. The molecule has 1 atom stereocenters. The number of benzene rings is 1. The van der Waals surface area contributed by atoms with E-state index in [1.807, 2.05) is 29.2 Å². The molecule has 0 saturated carbocycles. The number of hydrogen-bond acceptors (Lipinski definition) is 3. The maximum absolute atomic E-state index is 12.4. The minimum atomic E-state index is 0.0410. The third kappa shape index (κ3) is 3.14. The second-order valence-electron chi connectivity index (χ2n) is 5.06. The molecule has 1 unspecified atom stereocenters. The summed E-state index contributed by atoms with van der Waals surface area (Å²) in [5, 5.41) is 2.10. The molecule has 1 aromatic carbocycles. The lowest BCUT2D eigenvalue weighted by atomic mass is 10.0. The average Bonchev–Trinajstić information content (AvgIpc) is 2.95. The Morgan fingerprint density at radius 1 is 1.48 bits per heavy atom. The highest BCUT2D eigenvalue weighted by molar-refractivity contribution is 9.10. The van der Waals surface area contributed by atoms with Gasteiger partial charge in [0.25, 0.3) is 5.91 Å². The number of hydrogen-bond donors (Lipinski definition) is 0. The topological polar surface area (TPSA) is 29.5 Å². The molecule has 0 radical (unpaired) electrons. The van der Waals surface area contributed by atoms with Gasteiger partial charge in [-0.2, -0.15) is 0 Å². The third-order valence-electron chi connectivity index (χ3n) is 3.76. The predicted octanol–water partition coefficient (Wildman–Crippen LogP) is 4.04. The Morgan fingerprint density at radius 2 is 2.33 bits per heavy atom. The number of nitrogens with zero attached hydrogens (tertiary/aromatic N) is 1. The van der Waals surface area contributed by atoms with E-state index >= 15 is 0 Å². The van der Waals surface area contributed by atoms with Gasteiger partial charge < -0.3 is 9.64 Å². The molecule has 1 amide bonds. The minimum Gasteiger partial charge on any atom is -0.484 e. The number of ether oxygens (including phenoxy) is 1. The van der Waals surface area contributed by atoms with Crippen LogP contribution in [0, 0.1) is 0 Å². The van der Waals surface area contributed by atoms with Crippen LogP contribution >= 0.6 is 27.3 Å². The van der Waals surface area contributed by atoms with Crippen molar-refractivity contribution in [2.75, 3.05) is 13.2 Å². The second kappa shape index (κ2) is 6.20. The van der Waals surface area contributed by atoms with E-state index in [1.54, 1.807) is 11.3 Å². The van der Waals surface area contributed by atoms with Crippen molar-refractivity contribution in [2.45, 2.75) is 19.4 Å². The van der Waals surface area contributed by atoms with Crippen molar-refractivity contribution >= 4 is 33.2 Å². The van der Waals surface area contributed by atoms with E-state index in [1.165, 1.54) is 10.4 Å². The number of thiophene rings is 1. The Hall–Kier alpha value is -1.33. The van der Waals surface area contributed by atoms with Crippen molar-refractivity contribution in [2.24, 2.45) is 0 Å². The Labute approximate surface area is 136 Å². The van der Waals surface area contributed by atoms with Crippen LogP contribution in [0.1, 0.15) is 23.4 Å². The van der Waals surface area contributed by atoms with Crippen molar-refractivity contribution in [3.8, 4) is 5.75 Å². The molecule has 1 aromatic heterocycles. The van der Waals surface area contributed by atoms with Gasteiger partial charge in [0, 0.05) is 15.9 Å². The zero-order valence-corrected chi connectivity index (χ0v) is 14.1. The summed E-state index contributed by atoms with van der Waals surface area (Å²) in [6.07, 6.45) is 0.944. The van der Waals surface area contributed by atoms with Gasteiger partial charge in [-0.25, -0.2) is 0 Å². The molecule has 1 aliphatic rings. The van der Waals surface area contributed by atoms with E-state index in [0.29, 0.717) is 5.75 Å². The summed E-state index contributed by atoms with van der Waals surface area (Å²) in [6, 6.07) is 9.81. The number of fused-ring (bicyclic) bond motifs is 1. The minimum absolute atomic E-state index is 0.0410. The van der Waals surface area contributed by atoms with E-state index in [-0.39, 0.29) is 18.6 Å². The number of rotatable bonds is 3. The van der Waals surface area contributed by atoms with E-state index in [2.05, 4.69) is 34.3 Å². The molecule has 110 valence electrons. The van der Waals surface area contributed by atoms with Gasteiger partial charge in [0.2, 0.25) is 0 Å². The van der Waals surface area contributed by atoms with E-state index in [4.69, 9.17) is 4.74 Å². The summed E-state index contributed by atoms with van der Waals surface area (Å²) in [7, 11) is 0. The molecule has 3 nitrogen and oxygen atoms in total. The maximum Gasteiger partial charge on any atom is 0.261 e. The molecule has 2 aromatic rings. The molecular weight excluding hydrogens is 350 g/mol. The number of amides is 1. The first-order valence-corrected chi connectivity index (χ1v) is 8.56. The van der Waals surface area contributed by atoms with Crippen LogP contribution < -0.4 is 4.74 Å². The molecule has 5 heteroatoms. The molecule has 2 heterocycles. The Bertz CT molecular complexity index is 655. The second-order valence-corrected chi connectivity index (χ2v) is 6.97. The molecule has 0 N–H and O–H groups in total. The van der Waals surface area contributed by atoms with Crippen LogP contribution in [0.2, 0.25) is 0 Å². The Balaban J connectivity index is 1.64. The van der Waals surface area contributed by atoms with Crippen molar-refractivity contribution < 1.29 is 9.53 Å². The van der Waals surface area contributed by atoms with Crippen LogP contribution in [0.5, 0.6) is 5.75 Å². The highest BCUT2D eigenvalue weighted by atomic mass is 79.9. The molecule has 0 bridgehead atoms. The summed E-state index contributed by atoms with van der Waals surface area (Å²) >= 11 is 5.17. The van der Waals surface area contributed by atoms with Gasteiger partial charge >= 0.3 is 0 Å². The van der Waals surface area contributed by atoms with Gasteiger partial charge in [-0.15, -0.1) is 11.3 Å². The molecular formula is C16H16BrNO2S. The first-order valence-electron chi connectivity index (χ1n) is 6.89. The fourth-order valence-electron chi connectivity index (χ4n) is 2.63. The third-order valence-corrected chi connectivity index (χ3v) is 5.25. The number of halogens is 1. The van der Waals surface area contributed by atoms with E-state index in [0.717, 1.165) is 17.4 Å². The summed E-state index contributed by atoms with van der Waals surface area (Å²) in [5.74, 6) is 0.748. The summed E-state index contributed by atoms with van der Waals surface area (Å²) in [5.41, 5.74) is 1.28. The van der Waals surface area contributed by atoms with Crippen LogP contribution in [0.25, 0.3) is 0 Å². The highest BCUT2D eigenvalue weighted by Gasteiger charge is 2.28. The molecule has 0 saturated heterocycles. The van der Waals surface area contributed by atoms with E-state index in [9.17, 15) is 4.79 Å². The lowest BCUT2D eigenvalue weighted by Gasteiger charge is -2.33. The quantitative estimate of drug-likeness (QED) is 0.821. The van der Waals surface area contributed by atoms with Gasteiger partial charge in [0.1, 0.15) is 5.75 Å². The largest absolute Gasteiger partial charge is 0.484 e. The van der Waals surface area contributed by atoms with Crippen molar-refractivity contribution in [1.82, 2.24) is 4.90 Å². The normalized spacial score (nSPS) is 17.4. The molecule has 0 fully saturated rings. The van der Waals surface area contributed by atoms with Gasteiger partial charge in [-0.1, -0.05) is 22.0 Å². The molecule has 21 heavy (non-hydrogen) atoms. The standard InChI is InChI=1S/C16H16BrNO2S/c1-11-14-6-8-21-15(14)5-7-18(11)16(19)10-20-13-4-2-3-12(17)9-13/h2-4,6,8-9,11H,5,7,10H2,1H3. The Morgan fingerprint density at radius 3 is 3.14 bits per heavy atom. The van der Waals surface area contributed by atoms with Crippen LogP contribution in [0.3, 0.4) is 0 Å². The summed E-state index contributed by atoms with van der Waals surface area (Å²) in [6.45, 7) is 2.94. The van der Waals surface area contributed by atoms with Crippen LogP contribution in [0.15, 0.2) is 40.2 Å². The monoisotopic (exact) mass is 365 g/mol. The van der Waals surface area contributed by atoms with Crippen LogP contribution in [0.4, 0.5) is 0 Å². The SMILES string of the molecule is CC1c2ccsc2CCN1C(=O)COc1cccc(Br)c1. The fourth-order valence-corrected chi connectivity index (χ4v) is 3.98. The van der Waals surface area contributed by atoms with Crippen LogP contribution in [-0.4, -0.2) is 24.0 Å². The zero-order valence-electron chi connectivity index (χ0n) is 11.7. The van der Waals surface area contributed by atoms with Crippen molar-refractivity contribution in [1.29, 1.82) is 0 Å². The summed E-state index contributed by atoms with van der Waals surface area (Å²) < 4.78 is 6.55. The van der Waals surface area contributed by atoms with E-state index < -0.39 is 0 Å². The number of carbonyl (C=O) groups is 1. The predicted molar refractivity (Wildman–Crippen MR) is 87.8 cm³/mol. The van der Waals surface area contributed by atoms with Gasteiger partial charge in [-0.3, -0.25) is 4.79 Å². The average molecular weight is 366 g/mol. The smallest absolute Gasteiger partial charge is 0.261 e. The zero-order chi connectivity index (χ0) is 14.8. The summed E-state index contributed by atoms with van der Waals surface area (Å²) in [4.78, 5) is 15.7. The van der Waals surface area contributed by atoms with Crippen molar-refractivity contribution in [3.63, 3.8) is 0 Å². The van der Waals surface area contributed by atoms with Gasteiger partial charge in [0.15, 0.2) is 6.61 Å². The number of carbonyl (C=O) groups excluding carboxylic acids is 1. The lowest BCUT2D eigenvalue weighted by molar-refractivity contribution is -0.135. The maximum atomic E-state index is 12.4. The highest BCUT2D eigenvalue weighted by Crippen LogP contribution is 2.32. The van der Waals surface area contributed by atoms with Crippen LogP contribution in [-0.2, 0) is 11.2 Å². The lowest BCUT2D eigenvalue weighted by Crippen LogP contribution is -2.40.